The molecule has 0 amide bonds. The number of rotatable bonds is 4. The number of nitrogens with zero attached hydrogens (tertiary/aromatic N) is 1. The minimum absolute atomic E-state index is 0.618. The van der Waals surface area contributed by atoms with Gasteiger partial charge in [0.15, 0.2) is 0 Å². The lowest BCUT2D eigenvalue weighted by Crippen LogP contribution is -2.44. The fourth-order valence-electron chi connectivity index (χ4n) is 1.90. The monoisotopic (exact) mass is 172 g/mol. The van der Waals surface area contributed by atoms with Crippen LogP contribution in [0.1, 0.15) is 19.3 Å². The van der Waals surface area contributed by atoms with Gasteiger partial charge in [-0.05, 0) is 19.4 Å². The van der Waals surface area contributed by atoms with Gasteiger partial charge >= 0.3 is 0 Å². The van der Waals surface area contributed by atoms with Gasteiger partial charge in [-0.15, -0.1) is 0 Å². The van der Waals surface area contributed by atoms with Crippen LogP contribution >= 0.6 is 0 Å². The highest BCUT2D eigenvalue weighted by Crippen LogP contribution is 2.16. The zero-order valence-electron chi connectivity index (χ0n) is 7.96. The molecule has 1 aliphatic rings. The van der Waals surface area contributed by atoms with E-state index in [4.69, 9.17) is 10.5 Å². The minimum Gasteiger partial charge on any atom is -0.383 e. The Bertz CT molecular complexity index is 101. The summed E-state index contributed by atoms with van der Waals surface area (Å²) in [5.74, 6) is 0. The molecule has 1 saturated heterocycles. The summed E-state index contributed by atoms with van der Waals surface area (Å²) < 4.78 is 5.18. The van der Waals surface area contributed by atoms with Gasteiger partial charge in [0.1, 0.15) is 0 Å². The quantitative estimate of drug-likeness (QED) is 0.669. The second kappa shape index (κ2) is 5.51. The molecule has 1 heterocycles. The first-order chi connectivity index (χ1) is 5.88. The van der Waals surface area contributed by atoms with Crippen molar-refractivity contribution in [3.63, 3.8) is 0 Å². The van der Waals surface area contributed by atoms with Crippen LogP contribution in [-0.4, -0.2) is 44.3 Å². The highest BCUT2D eigenvalue weighted by atomic mass is 16.5. The lowest BCUT2D eigenvalue weighted by atomic mass is 10.0. The Morgan fingerprint density at radius 1 is 1.50 bits per heavy atom. The van der Waals surface area contributed by atoms with Crippen LogP contribution in [0, 0.1) is 0 Å². The molecule has 0 aromatic heterocycles. The van der Waals surface area contributed by atoms with Crippen LogP contribution in [0.5, 0.6) is 0 Å². The summed E-state index contributed by atoms with van der Waals surface area (Å²) in [7, 11) is 1.77. The molecule has 1 rings (SSSR count). The van der Waals surface area contributed by atoms with Crippen molar-refractivity contribution in [2.75, 3.05) is 33.4 Å². The largest absolute Gasteiger partial charge is 0.383 e. The van der Waals surface area contributed by atoms with E-state index in [1.54, 1.807) is 7.11 Å². The van der Waals surface area contributed by atoms with Crippen molar-refractivity contribution < 1.29 is 4.74 Å². The first-order valence-corrected chi connectivity index (χ1v) is 4.81. The maximum atomic E-state index is 5.54. The SMILES string of the molecule is COC[C@H]1CCCCN1CCN. The van der Waals surface area contributed by atoms with Crippen LogP contribution in [0.2, 0.25) is 0 Å². The Morgan fingerprint density at radius 3 is 3.00 bits per heavy atom. The number of hydrogen-bond donors (Lipinski definition) is 1. The normalized spacial score (nSPS) is 26.0. The number of ether oxygens (including phenoxy) is 1. The van der Waals surface area contributed by atoms with Crippen molar-refractivity contribution in [3.05, 3.63) is 0 Å². The molecule has 0 aromatic carbocycles. The molecule has 1 atom stereocenters. The Hall–Kier alpha value is -0.120. The van der Waals surface area contributed by atoms with E-state index in [0.717, 1.165) is 19.7 Å². The van der Waals surface area contributed by atoms with Gasteiger partial charge in [0.2, 0.25) is 0 Å². The molecular weight excluding hydrogens is 152 g/mol. The van der Waals surface area contributed by atoms with Gasteiger partial charge in [0.05, 0.1) is 6.61 Å². The Kier molecular flexibility index (Phi) is 4.58. The summed E-state index contributed by atoms with van der Waals surface area (Å²) in [6, 6.07) is 0.618. The topological polar surface area (TPSA) is 38.5 Å². The van der Waals surface area contributed by atoms with E-state index < -0.39 is 0 Å². The van der Waals surface area contributed by atoms with Gasteiger partial charge in [0.25, 0.3) is 0 Å². The van der Waals surface area contributed by atoms with Crippen LogP contribution in [-0.2, 0) is 4.74 Å². The molecule has 0 bridgehead atoms. The Morgan fingerprint density at radius 2 is 2.33 bits per heavy atom. The van der Waals surface area contributed by atoms with E-state index in [0.29, 0.717) is 6.04 Å². The summed E-state index contributed by atoms with van der Waals surface area (Å²) >= 11 is 0. The van der Waals surface area contributed by atoms with Gasteiger partial charge < -0.3 is 10.5 Å². The van der Waals surface area contributed by atoms with Crippen molar-refractivity contribution in [2.24, 2.45) is 5.73 Å². The van der Waals surface area contributed by atoms with Crippen molar-refractivity contribution in [3.8, 4) is 0 Å². The third kappa shape index (κ3) is 2.73. The predicted molar refractivity (Wildman–Crippen MR) is 50.1 cm³/mol. The second-order valence-corrected chi connectivity index (χ2v) is 3.43. The molecule has 72 valence electrons. The molecule has 0 aliphatic carbocycles. The summed E-state index contributed by atoms with van der Waals surface area (Å²) in [6.45, 7) is 3.85. The maximum absolute atomic E-state index is 5.54. The standard InChI is InChI=1S/C9H20N2O/c1-12-8-9-4-2-3-6-11(9)7-5-10/h9H,2-8,10H2,1H3/t9-/m1/s1. The third-order valence-electron chi connectivity index (χ3n) is 2.52. The number of hydrogen-bond acceptors (Lipinski definition) is 3. The van der Waals surface area contributed by atoms with Crippen LogP contribution in [0.15, 0.2) is 0 Å². The molecule has 0 saturated carbocycles. The van der Waals surface area contributed by atoms with Gasteiger partial charge in [-0.25, -0.2) is 0 Å². The smallest absolute Gasteiger partial charge is 0.0618 e. The van der Waals surface area contributed by atoms with E-state index >= 15 is 0 Å². The van der Waals surface area contributed by atoms with E-state index in [2.05, 4.69) is 4.90 Å². The predicted octanol–water partition coefficient (Wildman–Crippen LogP) is 0.446. The number of likely N-dealkylation sites (tertiary alicyclic amines) is 1. The minimum atomic E-state index is 0.618. The molecule has 1 fully saturated rings. The van der Waals surface area contributed by atoms with Gasteiger partial charge in [-0.2, -0.15) is 0 Å². The second-order valence-electron chi connectivity index (χ2n) is 3.43. The van der Waals surface area contributed by atoms with Crippen molar-refractivity contribution in [1.29, 1.82) is 0 Å². The van der Waals surface area contributed by atoms with E-state index in [9.17, 15) is 0 Å². The van der Waals surface area contributed by atoms with Crippen molar-refractivity contribution in [2.45, 2.75) is 25.3 Å². The zero-order valence-corrected chi connectivity index (χ0v) is 7.96. The Balaban J connectivity index is 2.31. The fraction of sp³-hybridized carbons (Fsp3) is 1.00. The lowest BCUT2D eigenvalue weighted by Gasteiger charge is -2.34. The van der Waals surface area contributed by atoms with Crippen LogP contribution in [0.3, 0.4) is 0 Å². The summed E-state index contributed by atoms with van der Waals surface area (Å²) in [4.78, 5) is 2.45. The van der Waals surface area contributed by atoms with Gasteiger partial charge in [0, 0.05) is 26.2 Å². The molecule has 12 heavy (non-hydrogen) atoms. The molecule has 2 N–H and O–H groups in total. The first kappa shape index (κ1) is 9.96. The zero-order chi connectivity index (χ0) is 8.81. The number of nitrogens with two attached hydrogens (primary N) is 1. The molecule has 0 unspecified atom stereocenters. The molecule has 3 heteroatoms. The van der Waals surface area contributed by atoms with E-state index in [1.165, 1.54) is 25.8 Å². The van der Waals surface area contributed by atoms with E-state index in [-0.39, 0.29) is 0 Å². The lowest BCUT2D eigenvalue weighted by molar-refractivity contribution is 0.0672. The summed E-state index contributed by atoms with van der Waals surface area (Å²) in [6.07, 6.45) is 3.93. The summed E-state index contributed by atoms with van der Waals surface area (Å²) in [5.41, 5.74) is 5.54. The highest BCUT2D eigenvalue weighted by Gasteiger charge is 2.20. The molecule has 0 radical (unpaired) electrons. The molecule has 0 spiro atoms. The average Bonchev–Trinajstić information content (AvgIpc) is 2.09. The van der Waals surface area contributed by atoms with Crippen LogP contribution in [0.4, 0.5) is 0 Å². The number of methoxy groups -OCH3 is 1. The van der Waals surface area contributed by atoms with Gasteiger partial charge in [-0.3, -0.25) is 4.90 Å². The molecule has 3 nitrogen and oxygen atoms in total. The Labute approximate surface area is 74.9 Å². The van der Waals surface area contributed by atoms with Crippen molar-refractivity contribution in [1.82, 2.24) is 4.90 Å². The molecule has 0 aromatic rings. The van der Waals surface area contributed by atoms with E-state index in [1.807, 2.05) is 0 Å². The summed E-state index contributed by atoms with van der Waals surface area (Å²) in [5, 5.41) is 0. The molecular formula is C9H20N2O. The third-order valence-corrected chi connectivity index (χ3v) is 2.52. The van der Waals surface area contributed by atoms with Gasteiger partial charge in [-0.1, -0.05) is 6.42 Å². The number of piperidine rings is 1. The van der Waals surface area contributed by atoms with Crippen LogP contribution < -0.4 is 5.73 Å². The van der Waals surface area contributed by atoms with Crippen molar-refractivity contribution >= 4 is 0 Å². The average molecular weight is 172 g/mol. The maximum Gasteiger partial charge on any atom is 0.0618 e. The fourth-order valence-corrected chi connectivity index (χ4v) is 1.90. The molecule has 1 aliphatic heterocycles. The highest BCUT2D eigenvalue weighted by molar-refractivity contribution is 4.76. The van der Waals surface area contributed by atoms with Crippen LogP contribution in [0.25, 0.3) is 0 Å². The first-order valence-electron chi connectivity index (χ1n) is 4.81.